The van der Waals surface area contributed by atoms with Crippen LogP contribution in [0.3, 0.4) is 0 Å². The molecule has 14 heavy (non-hydrogen) atoms. The van der Waals surface area contributed by atoms with Crippen molar-refractivity contribution in [3.05, 3.63) is 11.7 Å². The molecule has 2 N–H and O–H groups in total. The van der Waals surface area contributed by atoms with E-state index in [1.807, 2.05) is 0 Å². The minimum Gasteiger partial charge on any atom is -0.384 e. The summed E-state index contributed by atoms with van der Waals surface area (Å²) in [6.45, 7) is 3.21. The summed E-state index contributed by atoms with van der Waals surface area (Å²) < 4.78 is 10.0. The lowest BCUT2D eigenvalue weighted by atomic mass is 10.1. The fourth-order valence-electron chi connectivity index (χ4n) is 1.17. The lowest BCUT2D eigenvalue weighted by Crippen LogP contribution is -2.11. The monoisotopic (exact) mass is 199 g/mol. The Hall–Kier alpha value is -0.940. The summed E-state index contributed by atoms with van der Waals surface area (Å²) in [5.41, 5.74) is 5.57. The predicted molar refractivity (Wildman–Crippen MR) is 52.0 cm³/mol. The van der Waals surface area contributed by atoms with Crippen molar-refractivity contribution in [3.8, 4) is 0 Å². The Balaban J connectivity index is 2.57. The average Bonchev–Trinajstić information content (AvgIpc) is 2.65. The van der Waals surface area contributed by atoms with Crippen LogP contribution in [-0.4, -0.2) is 30.4 Å². The van der Waals surface area contributed by atoms with Gasteiger partial charge in [-0.25, -0.2) is 0 Å². The topological polar surface area (TPSA) is 74.2 Å². The van der Waals surface area contributed by atoms with E-state index in [9.17, 15) is 0 Å². The number of hydrogen-bond acceptors (Lipinski definition) is 5. The Kier molecular flexibility index (Phi) is 4.55. The van der Waals surface area contributed by atoms with Crippen LogP contribution in [0.5, 0.6) is 0 Å². The zero-order valence-corrected chi connectivity index (χ0v) is 8.69. The largest absolute Gasteiger partial charge is 0.384 e. The van der Waals surface area contributed by atoms with Gasteiger partial charge in [0, 0.05) is 20.1 Å². The van der Waals surface area contributed by atoms with Gasteiger partial charge in [-0.2, -0.15) is 4.98 Å². The molecule has 0 aliphatic carbocycles. The maximum absolute atomic E-state index is 5.57. The average molecular weight is 199 g/mol. The number of nitrogens with two attached hydrogens (primary N) is 1. The van der Waals surface area contributed by atoms with Crippen LogP contribution >= 0.6 is 0 Å². The fourth-order valence-corrected chi connectivity index (χ4v) is 1.17. The highest BCUT2D eigenvalue weighted by molar-refractivity contribution is 4.94. The summed E-state index contributed by atoms with van der Waals surface area (Å²) >= 11 is 0. The van der Waals surface area contributed by atoms with Gasteiger partial charge >= 0.3 is 0 Å². The van der Waals surface area contributed by atoms with Crippen LogP contribution < -0.4 is 5.73 Å². The highest BCUT2D eigenvalue weighted by Gasteiger charge is 2.15. The van der Waals surface area contributed by atoms with Gasteiger partial charge in [0.25, 0.3) is 0 Å². The molecule has 1 rings (SSSR count). The molecule has 1 unspecified atom stereocenters. The van der Waals surface area contributed by atoms with E-state index in [0.717, 1.165) is 6.42 Å². The van der Waals surface area contributed by atoms with E-state index in [-0.39, 0.29) is 5.92 Å². The van der Waals surface area contributed by atoms with Gasteiger partial charge in [0.2, 0.25) is 5.89 Å². The second kappa shape index (κ2) is 5.72. The highest BCUT2D eigenvalue weighted by atomic mass is 16.5. The van der Waals surface area contributed by atoms with Crippen molar-refractivity contribution in [2.75, 3.05) is 20.3 Å². The van der Waals surface area contributed by atoms with Crippen molar-refractivity contribution in [1.82, 2.24) is 10.1 Å². The Morgan fingerprint density at radius 1 is 1.57 bits per heavy atom. The van der Waals surface area contributed by atoms with Gasteiger partial charge in [0.05, 0.1) is 12.5 Å². The molecule has 1 atom stereocenters. The van der Waals surface area contributed by atoms with Crippen molar-refractivity contribution in [2.45, 2.75) is 25.7 Å². The van der Waals surface area contributed by atoms with E-state index in [0.29, 0.717) is 31.3 Å². The molecule has 0 fully saturated rings. The maximum atomic E-state index is 5.57. The summed E-state index contributed by atoms with van der Waals surface area (Å²) in [6.07, 6.45) is 1.60. The van der Waals surface area contributed by atoms with Crippen molar-refractivity contribution < 1.29 is 9.26 Å². The summed E-state index contributed by atoms with van der Waals surface area (Å²) in [5, 5.41) is 3.85. The van der Waals surface area contributed by atoms with Crippen molar-refractivity contribution >= 4 is 0 Å². The Labute approximate surface area is 83.6 Å². The number of hydrogen-bond donors (Lipinski definition) is 1. The minimum absolute atomic E-state index is 0.179. The number of aromatic nitrogens is 2. The molecule has 5 heteroatoms. The third-order valence-electron chi connectivity index (χ3n) is 2.14. The van der Waals surface area contributed by atoms with Gasteiger partial charge in [0.15, 0.2) is 5.82 Å². The summed E-state index contributed by atoms with van der Waals surface area (Å²) in [5.74, 6) is 1.51. The molecule has 0 aromatic carbocycles. The first-order chi connectivity index (χ1) is 6.81. The van der Waals surface area contributed by atoms with Crippen molar-refractivity contribution in [1.29, 1.82) is 0 Å². The third kappa shape index (κ3) is 2.78. The predicted octanol–water partition coefficient (Wildman–Crippen LogP) is 0.711. The quantitative estimate of drug-likeness (QED) is 0.730. The Morgan fingerprint density at radius 3 is 2.93 bits per heavy atom. The van der Waals surface area contributed by atoms with Gasteiger partial charge in [-0.1, -0.05) is 12.1 Å². The lowest BCUT2D eigenvalue weighted by Gasteiger charge is -2.04. The van der Waals surface area contributed by atoms with E-state index in [2.05, 4.69) is 17.1 Å². The highest BCUT2D eigenvalue weighted by Crippen LogP contribution is 2.15. The van der Waals surface area contributed by atoms with Gasteiger partial charge in [0.1, 0.15) is 0 Å². The van der Waals surface area contributed by atoms with Gasteiger partial charge in [-0.15, -0.1) is 0 Å². The van der Waals surface area contributed by atoms with Crippen LogP contribution in [0, 0.1) is 0 Å². The SMILES string of the molecule is CCC(CN)c1nc(CCOC)no1. The zero-order valence-electron chi connectivity index (χ0n) is 8.69. The summed E-state index contributed by atoms with van der Waals surface area (Å²) in [6, 6.07) is 0. The van der Waals surface area contributed by atoms with Gasteiger partial charge < -0.3 is 15.0 Å². The fraction of sp³-hybridized carbons (Fsp3) is 0.778. The smallest absolute Gasteiger partial charge is 0.231 e. The molecule has 0 aliphatic heterocycles. The molecular weight excluding hydrogens is 182 g/mol. The van der Waals surface area contributed by atoms with E-state index in [1.54, 1.807) is 7.11 Å². The molecule has 80 valence electrons. The standard InChI is InChI=1S/C9H17N3O2/c1-3-7(6-10)9-11-8(12-14-9)4-5-13-2/h7H,3-6,10H2,1-2H3. The molecular formula is C9H17N3O2. The first kappa shape index (κ1) is 11.1. The second-order valence-corrected chi connectivity index (χ2v) is 3.13. The van der Waals surface area contributed by atoms with Crippen LogP contribution in [0.2, 0.25) is 0 Å². The minimum atomic E-state index is 0.179. The van der Waals surface area contributed by atoms with Crippen molar-refractivity contribution in [2.24, 2.45) is 5.73 Å². The van der Waals surface area contributed by atoms with Crippen molar-refractivity contribution in [3.63, 3.8) is 0 Å². The summed E-state index contributed by atoms with van der Waals surface area (Å²) in [7, 11) is 1.65. The van der Waals surface area contributed by atoms with Crippen LogP contribution in [0.15, 0.2) is 4.52 Å². The number of ether oxygens (including phenoxy) is 1. The number of rotatable bonds is 6. The van der Waals surface area contributed by atoms with Crippen LogP contribution in [0.4, 0.5) is 0 Å². The molecule has 0 radical (unpaired) electrons. The van der Waals surface area contributed by atoms with Crippen LogP contribution in [-0.2, 0) is 11.2 Å². The van der Waals surface area contributed by atoms with Crippen LogP contribution in [0.25, 0.3) is 0 Å². The molecule has 1 heterocycles. The summed E-state index contributed by atoms with van der Waals surface area (Å²) in [4.78, 5) is 4.25. The zero-order chi connectivity index (χ0) is 10.4. The third-order valence-corrected chi connectivity index (χ3v) is 2.14. The molecule has 0 saturated heterocycles. The molecule has 0 bridgehead atoms. The number of methoxy groups -OCH3 is 1. The number of nitrogens with zero attached hydrogens (tertiary/aromatic N) is 2. The lowest BCUT2D eigenvalue weighted by molar-refractivity contribution is 0.199. The molecule has 1 aromatic rings. The second-order valence-electron chi connectivity index (χ2n) is 3.13. The van der Waals surface area contributed by atoms with E-state index >= 15 is 0 Å². The van der Waals surface area contributed by atoms with Crippen LogP contribution in [0.1, 0.15) is 31.0 Å². The molecule has 0 spiro atoms. The maximum Gasteiger partial charge on any atom is 0.231 e. The molecule has 0 aliphatic rings. The van der Waals surface area contributed by atoms with E-state index in [4.69, 9.17) is 15.0 Å². The first-order valence-electron chi connectivity index (χ1n) is 4.83. The molecule has 0 saturated carbocycles. The first-order valence-corrected chi connectivity index (χ1v) is 4.83. The van der Waals surface area contributed by atoms with Gasteiger partial charge in [-0.3, -0.25) is 0 Å². The Bertz CT molecular complexity index is 258. The molecule has 0 amide bonds. The van der Waals surface area contributed by atoms with Gasteiger partial charge in [-0.05, 0) is 6.42 Å². The molecule has 5 nitrogen and oxygen atoms in total. The van der Waals surface area contributed by atoms with E-state index < -0.39 is 0 Å². The Morgan fingerprint density at radius 2 is 2.36 bits per heavy atom. The van der Waals surface area contributed by atoms with E-state index in [1.165, 1.54) is 0 Å². The normalized spacial score (nSPS) is 13.1. The molecule has 1 aromatic heterocycles.